The van der Waals surface area contributed by atoms with Gasteiger partial charge in [0.15, 0.2) is 0 Å². The van der Waals surface area contributed by atoms with Crippen molar-refractivity contribution in [3.8, 4) is 11.1 Å². The van der Waals surface area contributed by atoms with Crippen molar-refractivity contribution >= 4 is 11.9 Å². The minimum absolute atomic E-state index is 0.0557. The van der Waals surface area contributed by atoms with Gasteiger partial charge in [0.1, 0.15) is 0 Å². The second-order valence-corrected chi connectivity index (χ2v) is 5.79. The number of carbonyl (C=O) groups is 2. The van der Waals surface area contributed by atoms with E-state index in [-0.39, 0.29) is 12.2 Å². The van der Waals surface area contributed by atoms with E-state index >= 15 is 0 Å². The lowest BCUT2D eigenvalue weighted by Crippen LogP contribution is -2.38. The highest BCUT2D eigenvalue weighted by Gasteiger charge is 2.19. The molecule has 26 heavy (non-hydrogen) atoms. The van der Waals surface area contributed by atoms with Gasteiger partial charge in [-0.3, -0.25) is 9.59 Å². The Morgan fingerprint density at radius 3 is 2.35 bits per heavy atom. The van der Waals surface area contributed by atoms with Crippen LogP contribution >= 0.6 is 0 Å². The number of aromatic amines is 1. The molecule has 0 fully saturated rings. The molecule has 0 spiro atoms. The summed E-state index contributed by atoms with van der Waals surface area (Å²) < 4.78 is 0. The van der Waals surface area contributed by atoms with Crippen LogP contribution < -0.4 is 5.32 Å². The SMILES string of the molecule is O=C(O)C[C@@H](Cc1ccc(-c2ccccc2)cc1)NC(=O)c1nnn[nH]1. The first-order chi connectivity index (χ1) is 12.6. The Bertz CT molecular complexity index is 864. The first-order valence-corrected chi connectivity index (χ1v) is 8.02. The van der Waals surface area contributed by atoms with Crippen LogP contribution in [0.25, 0.3) is 11.1 Å². The number of tetrazole rings is 1. The third-order valence-corrected chi connectivity index (χ3v) is 3.86. The number of benzene rings is 2. The van der Waals surface area contributed by atoms with Crippen LogP contribution in [-0.4, -0.2) is 43.6 Å². The van der Waals surface area contributed by atoms with Gasteiger partial charge in [0, 0.05) is 6.04 Å². The normalized spacial score (nSPS) is 11.7. The zero-order valence-electron chi connectivity index (χ0n) is 13.8. The Balaban J connectivity index is 1.70. The van der Waals surface area contributed by atoms with Gasteiger partial charge in [0.05, 0.1) is 6.42 Å². The topological polar surface area (TPSA) is 121 Å². The number of aliphatic carboxylic acids is 1. The summed E-state index contributed by atoms with van der Waals surface area (Å²) in [5.74, 6) is -1.59. The maximum Gasteiger partial charge on any atom is 0.305 e. The van der Waals surface area contributed by atoms with Gasteiger partial charge >= 0.3 is 5.97 Å². The molecule has 0 saturated heterocycles. The van der Waals surface area contributed by atoms with Gasteiger partial charge in [-0.25, -0.2) is 5.10 Å². The minimum Gasteiger partial charge on any atom is -0.481 e. The molecule has 3 N–H and O–H groups in total. The van der Waals surface area contributed by atoms with Crippen LogP contribution in [0.15, 0.2) is 54.6 Å². The minimum atomic E-state index is -0.994. The molecule has 8 nitrogen and oxygen atoms in total. The first kappa shape index (κ1) is 17.3. The number of nitrogens with zero attached hydrogens (tertiary/aromatic N) is 3. The van der Waals surface area contributed by atoms with Crippen molar-refractivity contribution < 1.29 is 14.7 Å². The number of hydrogen-bond acceptors (Lipinski definition) is 5. The molecule has 0 aliphatic rings. The van der Waals surface area contributed by atoms with Gasteiger partial charge < -0.3 is 10.4 Å². The lowest BCUT2D eigenvalue weighted by atomic mass is 9.99. The monoisotopic (exact) mass is 351 g/mol. The molecule has 0 bridgehead atoms. The predicted molar refractivity (Wildman–Crippen MR) is 93.3 cm³/mol. The number of carboxylic acids is 1. The van der Waals surface area contributed by atoms with E-state index in [2.05, 4.69) is 25.9 Å². The van der Waals surface area contributed by atoms with E-state index in [4.69, 9.17) is 5.11 Å². The first-order valence-electron chi connectivity index (χ1n) is 8.02. The van der Waals surface area contributed by atoms with E-state index in [0.717, 1.165) is 16.7 Å². The molecule has 1 atom stereocenters. The lowest BCUT2D eigenvalue weighted by molar-refractivity contribution is -0.137. The highest BCUT2D eigenvalue weighted by atomic mass is 16.4. The van der Waals surface area contributed by atoms with Crippen LogP contribution in [0.4, 0.5) is 0 Å². The largest absolute Gasteiger partial charge is 0.481 e. The Morgan fingerprint density at radius 1 is 1.04 bits per heavy atom. The average Bonchev–Trinajstić information content (AvgIpc) is 3.17. The van der Waals surface area contributed by atoms with Crippen molar-refractivity contribution in [1.29, 1.82) is 0 Å². The molecular weight excluding hydrogens is 334 g/mol. The summed E-state index contributed by atoms with van der Waals surface area (Å²) in [5.41, 5.74) is 3.10. The van der Waals surface area contributed by atoms with Gasteiger partial charge in [-0.05, 0) is 33.5 Å². The van der Waals surface area contributed by atoms with E-state index in [1.54, 1.807) is 0 Å². The molecule has 0 aliphatic heterocycles. The predicted octanol–water partition coefficient (Wildman–Crippen LogP) is 1.68. The fourth-order valence-corrected chi connectivity index (χ4v) is 2.64. The third kappa shape index (κ3) is 4.50. The van der Waals surface area contributed by atoms with Gasteiger partial charge in [-0.15, -0.1) is 5.10 Å². The molecule has 1 amide bonds. The maximum absolute atomic E-state index is 12.0. The van der Waals surface area contributed by atoms with Crippen molar-refractivity contribution in [3.05, 3.63) is 66.0 Å². The molecule has 0 aliphatic carbocycles. The summed E-state index contributed by atoms with van der Waals surface area (Å²) in [6.45, 7) is 0. The number of amides is 1. The molecule has 132 valence electrons. The molecule has 3 aromatic rings. The van der Waals surface area contributed by atoms with E-state index in [0.29, 0.717) is 6.42 Å². The highest BCUT2D eigenvalue weighted by molar-refractivity contribution is 5.90. The van der Waals surface area contributed by atoms with E-state index < -0.39 is 17.9 Å². The summed E-state index contributed by atoms with van der Waals surface area (Å²) in [6, 6.07) is 17.2. The van der Waals surface area contributed by atoms with Gasteiger partial charge in [-0.2, -0.15) is 0 Å². The molecule has 0 radical (unpaired) electrons. The number of rotatable bonds is 7. The van der Waals surface area contributed by atoms with Crippen molar-refractivity contribution in [3.63, 3.8) is 0 Å². The molecule has 3 rings (SSSR count). The highest BCUT2D eigenvalue weighted by Crippen LogP contribution is 2.20. The number of carbonyl (C=O) groups excluding carboxylic acids is 1. The van der Waals surface area contributed by atoms with Crippen LogP contribution in [0.3, 0.4) is 0 Å². The fraction of sp³-hybridized carbons (Fsp3) is 0.167. The average molecular weight is 351 g/mol. The van der Waals surface area contributed by atoms with Crippen LogP contribution in [-0.2, 0) is 11.2 Å². The number of hydrogen-bond donors (Lipinski definition) is 3. The number of aromatic nitrogens is 4. The second-order valence-electron chi connectivity index (χ2n) is 5.79. The number of nitrogens with one attached hydrogen (secondary N) is 2. The van der Waals surface area contributed by atoms with Crippen LogP contribution in [0, 0.1) is 0 Å². The molecule has 1 aromatic heterocycles. The van der Waals surface area contributed by atoms with E-state index in [9.17, 15) is 9.59 Å². The van der Waals surface area contributed by atoms with Gasteiger partial charge in [-0.1, -0.05) is 54.6 Å². The zero-order chi connectivity index (χ0) is 18.4. The van der Waals surface area contributed by atoms with E-state index in [1.807, 2.05) is 54.6 Å². The Kier molecular flexibility index (Phi) is 5.33. The maximum atomic E-state index is 12.0. The van der Waals surface area contributed by atoms with E-state index in [1.165, 1.54) is 0 Å². The summed E-state index contributed by atoms with van der Waals surface area (Å²) in [6.07, 6.45) is 0.183. The van der Waals surface area contributed by atoms with Gasteiger partial charge in [0.25, 0.3) is 5.91 Å². The molecule has 2 aromatic carbocycles. The number of H-pyrrole nitrogens is 1. The smallest absolute Gasteiger partial charge is 0.305 e. The summed E-state index contributed by atoms with van der Waals surface area (Å²) >= 11 is 0. The molecule has 1 heterocycles. The summed E-state index contributed by atoms with van der Waals surface area (Å²) in [5, 5.41) is 24.3. The lowest BCUT2D eigenvalue weighted by Gasteiger charge is -2.16. The van der Waals surface area contributed by atoms with Crippen molar-refractivity contribution in [2.75, 3.05) is 0 Å². The van der Waals surface area contributed by atoms with Crippen molar-refractivity contribution in [2.24, 2.45) is 0 Å². The standard InChI is InChI=1S/C18H17N5O3/c24-16(25)11-15(19-18(26)17-20-22-23-21-17)10-12-6-8-14(9-7-12)13-4-2-1-3-5-13/h1-9,15H,10-11H2,(H,19,26)(H,24,25)(H,20,21,22,23)/t15-/m1/s1. The Morgan fingerprint density at radius 2 is 1.73 bits per heavy atom. The van der Waals surface area contributed by atoms with Crippen molar-refractivity contribution in [1.82, 2.24) is 25.9 Å². The quantitative estimate of drug-likeness (QED) is 0.595. The van der Waals surface area contributed by atoms with Crippen LogP contribution in [0.2, 0.25) is 0 Å². The summed E-state index contributed by atoms with van der Waals surface area (Å²) in [7, 11) is 0. The summed E-state index contributed by atoms with van der Waals surface area (Å²) in [4.78, 5) is 23.2. The Labute approximate surface area is 149 Å². The number of carboxylic acid groups (broad SMARTS) is 1. The Hall–Kier alpha value is -3.55. The molecular formula is C18H17N5O3. The molecule has 0 saturated carbocycles. The van der Waals surface area contributed by atoms with Gasteiger partial charge in [0.2, 0.25) is 5.82 Å². The third-order valence-electron chi connectivity index (χ3n) is 3.86. The van der Waals surface area contributed by atoms with Crippen LogP contribution in [0.5, 0.6) is 0 Å². The van der Waals surface area contributed by atoms with Crippen molar-refractivity contribution in [2.45, 2.75) is 18.9 Å². The zero-order valence-corrected chi connectivity index (χ0v) is 13.8. The second kappa shape index (κ2) is 8.02. The molecule has 0 unspecified atom stereocenters. The van der Waals surface area contributed by atoms with Crippen LogP contribution in [0.1, 0.15) is 22.6 Å². The molecule has 8 heteroatoms. The fourth-order valence-electron chi connectivity index (χ4n) is 2.64.